The average Bonchev–Trinajstić information content (AvgIpc) is 3.32. The van der Waals surface area contributed by atoms with Crippen molar-refractivity contribution in [3.05, 3.63) is 78.0 Å². The highest BCUT2D eigenvalue weighted by Gasteiger charge is 2.18. The van der Waals surface area contributed by atoms with Gasteiger partial charge in [0.25, 0.3) is 11.1 Å². The molecule has 10 heteroatoms. The van der Waals surface area contributed by atoms with Crippen molar-refractivity contribution in [3.8, 4) is 11.1 Å². The summed E-state index contributed by atoms with van der Waals surface area (Å²) in [6, 6.07) is 8.06. The molecule has 4 aromatic heterocycles. The van der Waals surface area contributed by atoms with Crippen molar-refractivity contribution in [1.29, 1.82) is 0 Å². The second-order valence-corrected chi connectivity index (χ2v) is 9.05. The molecule has 0 radical (unpaired) electrons. The van der Waals surface area contributed by atoms with Gasteiger partial charge >= 0.3 is 5.69 Å². The van der Waals surface area contributed by atoms with Crippen LogP contribution in [0.4, 0.5) is 0 Å². The van der Waals surface area contributed by atoms with Crippen LogP contribution in [0, 0.1) is 13.8 Å². The topological polar surface area (TPSA) is 108 Å². The zero-order valence-electron chi connectivity index (χ0n) is 18.0. The molecule has 0 fully saturated rings. The molecule has 0 aliphatic carbocycles. The Morgan fingerprint density at radius 1 is 1.03 bits per heavy atom. The molecule has 0 aliphatic heterocycles. The van der Waals surface area contributed by atoms with Gasteiger partial charge in [0, 0.05) is 24.5 Å². The van der Waals surface area contributed by atoms with E-state index in [0.717, 1.165) is 26.1 Å². The number of benzene rings is 1. The van der Waals surface area contributed by atoms with Crippen LogP contribution in [0.3, 0.4) is 0 Å². The Balaban J connectivity index is 1.65. The lowest BCUT2D eigenvalue weighted by molar-refractivity contribution is 0.698. The summed E-state index contributed by atoms with van der Waals surface area (Å²) in [7, 11) is 2.99. The predicted octanol–water partition coefficient (Wildman–Crippen LogP) is 2.06. The fourth-order valence-electron chi connectivity index (χ4n) is 3.98. The zero-order chi connectivity index (χ0) is 22.7. The van der Waals surface area contributed by atoms with Gasteiger partial charge in [-0.25, -0.2) is 14.8 Å². The Morgan fingerprint density at radius 3 is 2.47 bits per heavy atom. The number of thiophene rings is 1. The summed E-state index contributed by atoms with van der Waals surface area (Å²) in [5, 5.41) is 0.564. The van der Waals surface area contributed by atoms with Crippen LogP contribution in [0.2, 0.25) is 0 Å². The van der Waals surface area contributed by atoms with Crippen LogP contribution in [0.1, 0.15) is 16.3 Å². The number of hydrogen-bond donors (Lipinski definition) is 1. The first-order chi connectivity index (χ1) is 15.3. The van der Waals surface area contributed by atoms with Gasteiger partial charge in [-0.2, -0.15) is 0 Å². The third-order valence-corrected chi connectivity index (χ3v) is 6.66. The molecule has 0 saturated heterocycles. The molecule has 5 aromatic rings. The molecule has 0 unspecified atom stereocenters. The number of nitrogens with one attached hydrogen (secondary N) is 1. The first kappa shape index (κ1) is 20.1. The highest BCUT2D eigenvalue weighted by molar-refractivity contribution is 7.19. The zero-order valence-corrected chi connectivity index (χ0v) is 18.8. The van der Waals surface area contributed by atoms with Crippen molar-refractivity contribution in [1.82, 2.24) is 28.7 Å². The van der Waals surface area contributed by atoms with E-state index >= 15 is 0 Å². The van der Waals surface area contributed by atoms with E-state index < -0.39 is 11.2 Å². The van der Waals surface area contributed by atoms with Gasteiger partial charge in [-0.05, 0) is 19.4 Å². The van der Waals surface area contributed by atoms with Gasteiger partial charge in [-0.3, -0.25) is 18.7 Å². The number of imidazole rings is 1. The van der Waals surface area contributed by atoms with Gasteiger partial charge in [0.05, 0.1) is 18.3 Å². The molecule has 1 aromatic carbocycles. The number of aryl methyl sites for hydroxylation is 3. The van der Waals surface area contributed by atoms with Crippen LogP contribution in [-0.4, -0.2) is 28.7 Å². The lowest BCUT2D eigenvalue weighted by Gasteiger charge is -2.07. The van der Waals surface area contributed by atoms with Crippen LogP contribution in [-0.2, 0) is 20.6 Å². The Labute approximate surface area is 185 Å². The largest absolute Gasteiger partial charge is 0.332 e. The Bertz CT molecular complexity index is 1700. The maximum atomic E-state index is 13.1. The van der Waals surface area contributed by atoms with E-state index in [1.807, 2.05) is 38.1 Å². The molecule has 0 atom stereocenters. The van der Waals surface area contributed by atoms with Crippen molar-refractivity contribution in [2.24, 2.45) is 14.1 Å². The molecule has 0 amide bonds. The van der Waals surface area contributed by atoms with E-state index in [-0.39, 0.29) is 23.3 Å². The third kappa shape index (κ3) is 2.94. The van der Waals surface area contributed by atoms with Crippen molar-refractivity contribution in [2.45, 2.75) is 20.4 Å². The Hall–Kier alpha value is -3.79. The Kier molecular flexibility index (Phi) is 4.48. The number of fused-ring (bicyclic) bond motifs is 2. The maximum absolute atomic E-state index is 13.1. The summed E-state index contributed by atoms with van der Waals surface area (Å²) in [5.74, 6) is 0.411. The third-order valence-electron chi connectivity index (χ3n) is 5.66. The molecule has 0 spiro atoms. The van der Waals surface area contributed by atoms with Gasteiger partial charge in [-0.15, -0.1) is 11.3 Å². The molecule has 0 aliphatic rings. The van der Waals surface area contributed by atoms with E-state index in [1.165, 1.54) is 29.3 Å². The quantitative estimate of drug-likeness (QED) is 0.455. The summed E-state index contributed by atoms with van der Waals surface area (Å²) < 4.78 is 3.96. The molecule has 9 nitrogen and oxygen atoms in total. The van der Waals surface area contributed by atoms with Crippen LogP contribution in [0.15, 0.2) is 45.0 Å². The minimum absolute atomic E-state index is 0.145. The number of nitrogens with zero attached hydrogens (tertiary/aromatic N) is 5. The highest BCUT2D eigenvalue weighted by Crippen LogP contribution is 2.35. The molecule has 5 rings (SSSR count). The van der Waals surface area contributed by atoms with Gasteiger partial charge in [0.1, 0.15) is 10.7 Å². The smallest absolute Gasteiger partial charge is 0.317 e. The minimum Gasteiger partial charge on any atom is -0.317 e. The van der Waals surface area contributed by atoms with Crippen LogP contribution < -0.4 is 16.8 Å². The standard InChI is InChI=1S/C22H20N6O3S/c1-11-5-7-13(8-6-11)15-12(2)32-20-16(15)19(29)24-14(25-20)9-28-10-23-18-17(28)21(30)27(4)22(31)26(18)3/h5-8,10H,9H2,1-4H3,(H,24,25,29). The second kappa shape index (κ2) is 7.13. The van der Waals surface area contributed by atoms with Crippen molar-refractivity contribution in [2.75, 3.05) is 0 Å². The molecule has 1 N–H and O–H groups in total. The first-order valence-corrected chi connectivity index (χ1v) is 10.8. The van der Waals surface area contributed by atoms with Crippen LogP contribution >= 0.6 is 11.3 Å². The lowest BCUT2D eigenvalue weighted by Crippen LogP contribution is -2.37. The fraction of sp³-hybridized carbons (Fsp3) is 0.227. The predicted molar refractivity (Wildman–Crippen MR) is 124 cm³/mol. The van der Waals surface area contributed by atoms with E-state index in [2.05, 4.69) is 15.0 Å². The molecule has 4 heterocycles. The molecule has 32 heavy (non-hydrogen) atoms. The molecule has 162 valence electrons. The molecule has 0 saturated carbocycles. The summed E-state index contributed by atoms with van der Waals surface area (Å²) in [4.78, 5) is 51.3. The SMILES string of the molecule is Cc1ccc(-c2c(C)sc3nc(Cn4cnc5c4c(=O)n(C)c(=O)n5C)[nH]c(=O)c23)cc1. The van der Waals surface area contributed by atoms with Gasteiger partial charge in [0.2, 0.25) is 0 Å². The number of hydrogen-bond acceptors (Lipinski definition) is 6. The Morgan fingerprint density at radius 2 is 1.75 bits per heavy atom. The normalized spacial score (nSPS) is 11.6. The van der Waals surface area contributed by atoms with E-state index in [9.17, 15) is 14.4 Å². The van der Waals surface area contributed by atoms with Crippen molar-refractivity contribution >= 4 is 32.7 Å². The summed E-state index contributed by atoms with van der Waals surface area (Å²) >= 11 is 1.47. The van der Waals surface area contributed by atoms with Crippen LogP contribution in [0.5, 0.6) is 0 Å². The highest BCUT2D eigenvalue weighted by atomic mass is 32.1. The first-order valence-electron chi connectivity index (χ1n) is 9.96. The van der Waals surface area contributed by atoms with E-state index in [1.54, 1.807) is 11.6 Å². The molecular formula is C22H20N6O3S. The van der Waals surface area contributed by atoms with Gasteiger partial charge in [-0.1, -0.05) is 29.8 Å². The number of H-pyrrole nitrogens is 1. The van der Waals surface area contributed by atoms with Gasteiger partial charge in [0.15, 0.2) is 11.2 Å². The monoisotopic (exact) mass is 448 g/mol. The lowest BCUT2D eigenvalue weighted by atomic mass is 10.0. The van der Waals surface area contributed by atoms with Crippen LogP contribution in [0.25, 0.3) is 32.5 Å². The molecule has 0 bridgehead atoms. The van der Waals surface area contributed by atoms with Crippen molar-refractivity contribution in [3.63, 3.8) is 0 Å². The summed E-state index contributed by atoms with van der Waals surface area (Å²) in [6.45, 7) is 4.15. The molecular weight excluding hydrogens is 428 g/mol. The number of rotatable bonds is 3. The summed E-state index contributed by atoms with van der Waals surface area (Å²) in [5.41, 5.74) is 2.46. The van der Waals surface area contributed by atoms with Gasteiger partial charge < -0.3 is 9.55 Å². The maximum Gasteiger partial charge on any atom is 0.332 e. The average molecular weight is 449 g/mol. The minimum atomic E-state index is -0.447. The van der Waals surface area contributed by atoms with E-state index in [4.69, 9.17) is 0 Å². The van der Waals surface area contributed by atoms with E-state index in [0.29, 0.717) is 16.0 Å². The van der Waals surface area contributed by atoms with Crippen molar-refractivity contribution < 1.29 is 0 Å². The second-order valence-electron chi connectivity index (χ2n) is 7.84. The summed E-state index contributed by atoms with van der Waals surface area (Å²) in [6.07, 6.45) is 1.48. The fourth-order valence-corrected chi connectivity index (χ4v) is 5.05. The number of aromatic nitrogens is 6. The number of aromatic amines is 1.